The fraction of sp³-hybridized carbons (Fsp3) is 0.167. The van der Waals surface area contributed by atoms with Gasteiger partial charge in [0.2, 0.25) is 11.8 Å². The Morgan fingerprint density at radius 1 is 0.960 bits per heavy atom. The molecule has 7 heteroatoms. The van der Waals surface area contributed by atoms with Gasteiger partial charge in [0, 0.05) is 29.0 Å². The molecule has 25 heavy (non-hydrogen) atoms. The zero-order chi connectivity index (χ0) is 18.2. The minimum absolute atomic E-state index is 0.0135. The van der Waals surface area contributed by atoms with E-state index in [2.05, 4.69) is 16.0 Å². The lowest BCUT2D eigenvalue weighted by molar-refractivity contribution is -0.114. The van der Waals surface area contributed by atoms with Gasteiger partial charge in [-0.3, -0.25) is 14.4 Å². The summed E-state index contributed by atoms with van der Waals surface area (Å²) in [5.74, 6) is -1.01. The van der Waals surface area contributed by atoms with Crippen LogP contribution in [0.5, 0.6) is 0 Å². The molecular formula is C18H20N4O3. The summed E-state index contributed by atoms with van der Waals surface area (Å²) in [6.07, 6.45) is 0. The summed E-state index contributed by atoms with van der Waals surface area (Å²) >= 11 is 0. The molecule has 2 rings (SSSR count). The highest BCUT2D eigenvalue weighted by Crippen LogP contribution is 2.12. The molecule has 5 N–H and O–H groups in total. The summed E-state index contributed by atoms with van der Waals surface area (Å²) in [5, 5.41) is 8.35. The third-order valence-electron chi connectivity index (χ3n) is 3.35. The summed E-state index contributed by atoms with van der Waals surface area (Å²) in [6.45, 7) is 2.40. The summed E-state index contributed by atoms with van der Waals surface area (Å²) in [4.78, 5) is 35.0. The Hall–Kier alpha value is -3.35. The zero-order valence-electron chi connectivity index (χ0n) is 13.8. The molecule has 0 aliphatic heterocycles. The van der Waals surface area contributed by atoms with Crippen LogP contribution in [0.25, 0.3) is 0 Å². The molecule has 0 aromatic heterocycles. The maximum atomic E-state index is 12.0. The van der Waals surface area contributed by atoms with Crippen LogP contribution in [0.2, 0.25) is 0 Å². The van der Waals surface area contributed by atoms with Gasteiger partial charge in [0.25, 0.3) is 5.91 Å². The highest BCUT2D eigenvalue weighted by atomic mass is 16.2. The highest BCUT2D eigenvalue weighted by Gasteiger charge is 2.07. The molecule has 0 spiro atoms. The average Bonchev–Trinajstić information content (AvgIpc) is 2.60. The zero-order valence-corrected chi connectivity index (χ0v) is 13.8. The van der Waals surface area contributed by atoms with E-state index in [9.17, 15) is 14.4 Å². The smallest absolute Gasteiger partial charge is 0.251 e. The van der Waals surface area contributed by atoms with Crippen molar-refractivity contribution in [2.24, 2.45) is 5.73 Å². The van der Waals surface area contributed by atoms with E-state index in [1.165, 1.54) is 6.07 Å². The Morgan fingerprint density at radius 3 is 2.28 bits per heavy atom. The van der Waals surface area contributed by atoms with Crippen molar-refractivity contribution in [2.75, 3.05) is 23.7 Å². The van der Waals surface area contributed by atoms with Crippen molar-refractivity contribution in [1.82, 2.24) is 5.32 Å². The van der Waals surface area contributed by atoms with Crippen LogP contribution in [0.15, 0.2) is 48.5 Å². The van der Waals surface area contributed by atoms with E-state index in [0.717, 1.165) is 0 Å². The Bertz CT molecular complexity index is 789. The third-order valence-corrected chi connectivity index (χ3v) is 3.35. The van der Waals surface area contributed by atoms with Crippen LogP contribution < -0.4 is 21.7 Å². The number of amides is 3. The Morgan fingerprint density at radius 2 is 1.60 bits per heavy atom. The normalized spacial score (nSPS) is 9.96. The summed E-state index contributed by atoms with van der Waals surface area (Å²) in [5.41, 5.74) is 7.19. The van der Waals surface area contributed by atoms with E-state index in [0.29, 0.717) is 29.0 Å². The van der Waals surface area contributed by atoms with E-state index in [1.807, 2.05) is 6.92 Å². The number of nitrogens with one attached hydrogen (secondary N) is 3. The molecule has 0 fully saturated rings. The van der Waals surface area contributed by atoms with Crippen LogP contribution in [0.3, 0.4) is 0 Å². The van der Waals surface area contributed by atoms with Gasteiger partial charge in [0.1, 0.15) is 0 Å². The standard InChI is InChI=1S/C18H20N4O3/c1-2-20-18(25)13-6-4-7-14(10-13)21-11-16(23)22-15-8-3-5-12(9-15)17(19)24/h3-10,21H,2,11H2,1H3,(H2,19,24)(H,20,25)(H,22,23). The first-order valence-electron chi connectivity index (χ1n) is 7.81. The fourth-order valence-electron chi connectivity index (χ4n) is 2.17. The van der Waals surface area contributed by atoms with Crippen molar-refractivity contribution >= 4 is 29.1 Å². The fourth-order valence-corrected chi connectivity index (χ4v) is 2.17. The highest BCUT2D eigenvalue weighted by molar-refractivity contribution is 5.98. The SMILES string of the molecule is CCNC(=O)c1cccc(NCC(=O)Nc2cccc(C(N)=O)c2)c1. The van der Waals surface area contributed by atoms with Crippen molar-refractivity contribution in [3.63, 3.8) is 0 Å². The molecule has 0 saturated carbocycles. The van der Waals surface area contributed by atoms with Crippen molar-refractivity contribution in [1.29, 1.82) is 0 Å². The largest absolute Gasteiger partial charge is 0.376 e. The van der Waals surface area contributed by atoms with Crippen LogP contribution >= 0.6 is 0 Å². The first kappa shape index (κ1) is 18.0. The van der Waals surface area contributed by atoms with Gasteiger partial charge in [-0.2, -0.15) is 0 Å². The molecule has 3 amide bonds. The van der Waals surface area contributed by atoms with E-state index in [1.54, 1.807) is 42.5 Å². The first-order chi connectivity index (χ1) is 12.0. The number of rotatable bonds is 7. The summed E-state index contributed by atoms with van der Waals surface area (Å²) < 4.78 is 0. The predicted molar refractivity (Wildman–Crippen MR) is 96.5 cm³/mol. The quantitative estimate of drug-likeness (QED) is 0.613. The topological polar surface area (TPSA) is 113 Å². The third kappa shape index (κ3) is 5.35. The second-order valence-electron chi connectivity index (χ2n) is 5.29. The molecular weight excluding hydrogens is 320 g/mol. The van der Waals surface area contributed by atoms with Gasteiger partial charge >= 0.3 is 0 Å². The summed E-state index contributed by atoms with van der Waals surface area (Å²) in [6, 6.07) is 13.3. The Kier molecular flexibility index (Phi) is 6.11. The molecule has 0 radical (unpaired) electrons. The number of hydrogen-bond acceptors (Lipinski definition) is 4. The molecule has 0 aliphatic carbocycles. The number of primary amides is 1. The van der Waals surface area contributed by atoms with E-state index in [4.69, 9.17) is 5.73 Å². The van der Waals surface area contributed by atoms with Gasteiger partial charge in [0.15, 0.2) is 0 Å². The minimum Gasteiger partial charge on any atom is -0.376 e. The van der Waals surface area contributed by atoms with Crippen molar-refractivity contribution < 1.29 is 14.4 Å². The molecule has 0 atom stereocenters. The molecule has 0 unspecified atom stereocenters. The van der Waals surface area contributed by atoms with Crippen LogP contribution in [0.1, 0.15) is 27.6 Å². The average molecular weight is 340 g/mol. The van der Waals surface area contributed by atoms with Gasteiger partial charge in [-0.1, -0.05) is 12.1 Å². The van der Waals surface area contributed by atoms with Crippen LogP contribution in [-0.2, 0) is 4.79 Å². The molecule has 2 aromatic carbocycles. The summed E-state index contributed by atoms with van der Waals surface area (Å²) in [7, 11) is 0. The molecule has 7 nitrogen and oxygen atoms in total. The number of nitrogens with two attached hydrogens (primary N) is 1. The van der Waals surface area contributed by atoms with Gasteiger partial charge in [-0.15, -0.1) is 0 Å². The first-order valence-corrected chi connectivity index (χ1v) is 7.81. The Labute approximate surface area is 145 Å². The van der Waals surface area contributed by atoms with E-state index >= 15 is 0 Å². The number of anilines is 2. The molecule has 0 saturated heterocycles. The van der Waals surface area contributed by atoms with Crippen LogP contribution in [-0.4, -0.2) is 30.8 Å². The second kappa shape index (κ2) is 8.49. The number of carbonyl (C=O) groups excluding carboxylic acids is 3. The number of hydrogen-bond donors (Lipinski definition) is 4. The van der Waals surface area contributed by atoms with Crippen molar-refractivity contribution in [3.8, 4) is 0 Å². The monoisotopic (exact) mass is 340 g/mol. The van der Waals surface area contributed by atoms with E-state index in [-0.39, 0.29) is 18.4 Å². The van der Waals surface area contributed by atoms with E-state index < -0.39 is 5.91 Å². The Balaban J connectivity index is 1.94. The molecule has 0 heterocycles. The lowest BCUT2D eigenvalue weighted by Crippen LogP contribution is -2.24. The van der Waals surface area contributed by atoms with Crippen LogP contribution in [0.4, 0.5) is 11.4 Å². The van der Waals surface area contributed by atoms with Gasteiger partial charge in [-0.05, 0) is 43.3 Å². The lowest BCUT2D eigenvalue weighted by Gasteiger charge is -2.10. The lowest BCUT2D eigenvalue weighted by atomic mass is 10.2. The van der Waals surface area contributed by atoms with Gasteiger partial charge < -0.3 is 21.7 Å². The number of benzene rings is 2. The predicted octanol–water partition coefficient (Wildman–Crippen LogP) is 1.59. The minimum atomic E-state index is -0.559. The number of carbonyl (C=O) groups is 3. The maximum absolute atomic E-state index is 12.0. The second-order valence-corrected chi connectivity index (χ2v) is 5.29. The van der Waals surface area contributed by atoms with Crippen LogP contribution in [0, 0.1) is 0 Å². The molecule has 2 aromatic rings. The van der Waals surface area contributed by atoms with Crippen molar-refractivity contribution in [3.05, 3.63) is 59.7 Å². The van der Waals surface area contributed by atoms with Gasteiger partial charge in [0.05, 0.1) is 6.54 Å². The molecule has 0 bridgehead atoms. The van der Waals surface area contributed by atoms with Crippen molar-refractivity contribution in [2.45, 2.75) is 6.92 Å². The van der Waals surface area contributed by atoms with Gasteiger partial charge in [-0.25, -0.2) is 0 Å². The maximum Gasteiger partial charge on any atom is 0.251 e. The molecule has 0 aliphatic rings. The molecule has 130 valence electrons.